The Kier molecular flexibility index (Phi) is 3.51. The van der Waals surface area contributed by atoms with Crippen molar-refractivity contribution in [2.75, 3.05) is 0 Å². The van der Waals surface area contributed by atoms with Crippen LogP contribution >= 0.6 is 0 Å². The Bertz CT molecular complexity index is 849. The summed E-state index contributed by atoms with van der Waals surface area (Å²) in [6.07, 6.45) is 2.12. The van der Waals surface area contributed by atoms with Crippen LogP contribution in [0.2, 0.25) is 0 Å². The molecule has 1 aromatic heterocycles. The number of carbonyl (C=O) groups excluding carboxylic acids is 1. The van der Waals surface area contributed by atoms with Gasteiger partial charge in [0.15, 0.2) is 11.7 Å². The van der Waals surface area contributed by atoms with Crippen molar-refractivity contribution in [2.24, 2.45) is 0 Å². The number of hydrogen-bond acceptors (Lipinski definition) is 4. The van der Waals surface area contributed by atoms with Crippen LogP contribution in [0.1, 0.15) is 15.9 Å². The molecule has 0 spiro atoms. The second-order valence-corrected chi connectivity index (χ2v) is 4.53. The molecule has 0 aliphatic carbocycles. The van der Waals surface area contributed by atoms with Crippen molar-refractivity contribution in [3.05, 3.63) is 76.1 Å². The fourth-order valence-electron chi connectivity index (χ4n) is 2.08. The SMILES string of the molecule is O=Cc1ccccc1OCc1coc2ccccc2c1=O. The molecular formula is C17H12O4. The Balaban J connectivity index is 1.90. The van der Waals surface area contributed by atoms with Crippen LogP contribution in [-0.4, -0.2) is 6.29 Å². The molecule has 0 atom stereocenters. The van der Waals surface area contributed by atoms with E-state index in [4.69, 9.17) is 9.15 Å². The van der Waals surface area contributed by atoms with Crippen molar-refractivity contribution in [1.82, 2.24) is 0 Å². The van der Waals surface area contributed by atoms with E-state index < -0.39 is 0 Å². The minimum absolute atomic E-state index is 0.0536. The Hall–Kier alpha value is -2.88. The molecule has 4 nitrogen and oxygen atoms in total. The lowest BCUT2D eigenvalue weighted by atomic mass is 10.2. The Labute approximate surface area is 120 Å². The number of hydrogen-bond donors (Lipinski definition) is 0. The topological polar surface area (TPSA) is 56.5 Å². The second kappa shape index (κ2) is 5.63. The number of fused-ring (bicyclic) bond motifs is 1. The molecule has 0 radical (unpaired) electrons. The molecule has 0 saturated carbocycles. The quantitative estimate of drug-likeness (QED) is 0.689. The summed E-state index contributed by atoms with van der Waals surface area (Å²) in [4.78, 5) is 23.2. The van der Waals surface area contributed by atoms with Crippen LogP contribution in [-0.2, 0) is 6.61 Å². The molecule has 1 heterocycles. The van der Waals surface area contributed by atoms with Crippen LogP contribution in [0.3, 0.4) is 0 Å². The molecule has 0 fully saturated rings. The zero-order valence-electron chi connectivity index (χ0n) is 11.1. The maximum absolute atomic E-state index is 12.3. The predicted octanol–water partition coefficient (Wildman–Crippen LogP) is 3.18. The van der Waals surface area contributed by atoms with Crippen LogP contribution in [0.5, 0.6) is 5.75 Å². The molecule has 2 aromatic carbocycles. The second-order valence-electron chi connectivity index (χ2n) is 4.53. The van der Waals surface area contributed by atoms with E-state index in [1.165, 1.54) is 6.26 Å². The number of carbonyl (C=O) groups is 1. The molecule has 0 aliphatic heterocycles. The summed E-state index contributed by atoms with van der Waals surface area (Å²) in [5, 5.41) is 0.516. The standard InChI is InChI=1S/C17H12O4/c18-9-12-5-1-3-7-15(12)20-10-13-11-21-16-8-4-2-6-14(16)17(13)19/h1-9,11H,10H2. The summed E-state index contributed by atoms with van der Waals surface area (Å²) >= 11 is 0. The molecule has 21 heavy (non-hydrogen) atoms. The lowest BCUT2D eigenvalue weighted by Crippen LogP contribution is -2.11. The zero-order valence-corrected chi connectivity index (χ0v) is 11.1. The summed E-state index contributed by atoms with van der Waals surface area (Å²) in [5.74, 6) is 0.444. The van der Waals surface area contributed by atoms with Crippen LogP contribution in [0.25, 0.3) is 11.0 Å². The fraction of sp³-hybridized carbons (Fsp3) is 0.0588. The maximum Gasteiger partial charge on any atom is 0.199 e. The van der Waals surface area contributed by atoms with Crippen molar-refractivity contribution in [2.45, 2.75) is 6.61 Å². The lowest BCUT2D eigenvalue weighted by Gasteiger charge is -2.08. The first kappa shape index (κ1) is 13.1. The summed E-state index contributed by atoms with van der Waals surface area (Å²) in [5.41, 5.74) is 1.28. The van der Waals surface area contributed by atoms with E-state index in [0.717, 1.165) is 6.29 Å². The average Bonchev–Trinajstić information content (AvgIpc) is 2.55. The zero-order chi connectivity index (χ0) is 14.7. The number of benzene rings is 2. The number of ether oxygens (including phenoxy) is 1. The van der Waals surface area contributed by atoms with Gasteiger partial charge < -0.3 is 9.15 Å². The van der Waals surface area contributed by atoms with Gasteiger partial charge in [0.2, 0.25) is 0 Å². The van der Waals surface area contributed by atoms with E-state index in [1.807, 2.05) is 6.07 Å². The molecule has 0 N–H and O–H groups in total. The van der Waals surface area contributed by atoms with E-state index in [-0.39, 0.29) is 12.0 Å². The number of para-hydroxylation sites is 2. The number of rotatable bonds is 4. The highest BCUT2D eigenvalue weighted by Crippen LogP contribution is 2.17. The van der Waals surface area contributed by atoms with E-state index in [9.17, 15) is 9.59 Å². The van der Waals surface area contributed by atoms with Crippen molar-refractivity contribution in [3.8, 4) is 5.75 Å². The van der Waals surface area contributed by atoms with Gasteiger partial charge in [0.1, 0.15) is 24.2 Å². The third-order valence-electron chi connectivity index (χ3n) is 3.18. The molecule has 3 rings (SSSR count). The third-order valence-corrected chi connectivity index (χ3v) is 3.18. The largest absolute Gasteiger partial charge is 0.488 e. The highest BCUT2D eigenvalue weighted by Gasteiger charge is 2.08. The van der Waals surface area contributed by atoms with Gasteiger partial charge in [0.25, 0.3) is 0 Å². The Morgan fingerprint density at radius 2 is 1.81 bits per heavy atom. The van der Waals surface area contributed by atoms with Crippen LogP contribution in [0.15, 0.2) is 64.0 Å². The molecular weight excluding hydrogens is 268 g/mol. The van der Waals surface area contributed by atoms with Gasteiger partial charge in [-0.2, -0.15) is 0 Å². The highest BCUT2D eigenvalue weighted by molar-refractivity contribution is 5.79. The first-order valence-corrected chi connectivity index (χ1v) is 6.46. The smallest absolute Gasteiger partial charge is 0.199 e. The third kappa shape index (κ3) is 2.56. The maximum atomic E-state index is 12.3. The van der Waals surface area contributed by atoms with Crippen LogP contribution in [0, 0.1) is 0 Å². The highest BCUT2D eigenvalue weighted by atomic mass is 16.5. The van der Waals surface area contributed by atoms with Gasteiger partial charge in [-0.1, -0.05) is 24.3 Å². The molecule has 3 aromatic rings. The van der Waals surface area contributed by atoms with Gasteiger partial charge in [-0.05, 0) is 24.3 Å². The Morgan fingerprint density at radius 1 is 1.05 bits per heavy atom. The lowest BCUT2D eigenvalue weighted by molar-refractivity contribution is 0.111. The monoisotopic (exact) mass is 280 g/mol. The summed E-state index contributed by atoms with van der Waals surface area (Å²) < 4.78 is 11.0. The first-order valence-electron chi connectivity index (χ1n) is 6.46. The molecule has 104 valence electrons. The molecule has 0 aliphatic rings. The van der Waals surface area contributed by atoms with Crippen LogP contribution < -0.4 is 10.2 Å². The molecule has 0 bridgehead atoms. The summed E-state index contributed by atoms with van der Waals surface area (Å²) in [6.45, 7) is 0.0536. The van der Waals surface area contributed by atoms with Gasteiger partial charge in [-0.15, -0.1) is 0 Å². The Morgan fingerprint density at radius 3 is 2.67 bits per heavy atom. The van der Waals surface area contributed by atoms with E-state index in [2.05, 4.69) is 0 Å². The predicted molar refractivity (Wildman–Crippen MR) is 78.6 cm³/mol. The van der Waals surface area contributed by atoms with Gasteiger partial charge in [-0.25, -0.2) is 0 Å². The first-order chi connectivity index (χ1) is 10.3. The fourth-order valence-corrected chi connectivity index (χ4v) is 2.08. The van der Waals surface area contributed by atoms with Crippen molar-refractivity contribution in [3.63, 3.8) is 0 Å². The van der Waals surface area contributed by atoms with Gasteiger partial charge >= 0.3 is 0 Å². The minimum Gasteiger partial charge on any atom is -0.488 e. The van der Waals surface area contributed by atoms with Crippen molar-refractivity contribution < 1.29 is 13.9 Å². The van der Waals surface area contributed by atoms with Gasteiger partial charge in [-0.3, -0.25) is 9.59 Å². The average molecular weight is 280 g/mol. The summed E-state index contributed by atoms with van der Waals surface area (Å²) in [7, 11) is 0. The van der Waals surface area contributed by atoms with E-state index in [0.29, 0.717) is 27.8 Å². The molecule has 0 saturated heterocycles. The van der Waals surface area contributed by atoms with Gasteiger partial charge in [0, 0.05) is 0 Å². The normalized spacial score (nSPS) is 10.5. The van der Waals surface area contributed by atoms with Crippen LogP contribution in [0.4, 0.5) is 0 Å². The van der Waals surface area contributed by atoms with Gasteiger partial charge in [0.05, 0.1) is 16.5 Å². The number of aldehydes is 1. The van der Waals surface area contributed by atoms with Crippen molar-refractivity contribution in [1.29, 1.82) is 0 Å². The minimum atomic E-state index is -0.125. The summed E-state index contributed by atoms with van der Waals surface area (Å²) in [6, 6.07) is 13.9. The van der Waals surface area contributed by atoms with E-state index >= 15 is 0 Å². The molecule has 4 heteroatoms. The molecule has 0 amide bonds. The molecule has 0 unspecified atom stereocenters. The van der Waals surface area contributed by atoms with E-state index in [1.54, 1.807) is 42.5 Å². The van der Waals surface area contributed by atoms with Crippen molar-refractivity contribution >= 4 is 17.3 Å².